The Bertz CT molecular complexity index is 1260. The molecule has 2 aliphatic carbocycles. The zero-order valence-corrected chi connectivity index (χ0v) is 25.7. The van der Waals surface area contributed by atoms with Crippen LogP contribution in [0.4, 0.5) is 11.6 Å². The molecule has 2 aliphatic rings. The minimum atomic E-state index is -1.76. The fourth-order valence-electron chi connectivity index (χ4n) is 4.99. The third kappa shape index (κ3) is 6.54. The topological polar surface area (TPSA) is 56.3 Å². The van der Waals surface area contributed by atoms with E-state index in [1.54, 1.807) is 0 Å². The van der Waals surface area contributed by atoms with E-state index in [4.69, 9.17) is 19.1 Å². The number of thioether (sulfide) groups is 1. The number of aromatic nitrogens is 2. The van der Waals surface area contributed by atoms with E-state index >= 15 is 0 Å². The van der Waals surface area contributed by atoms with Crippen molar-refractivity contribution in [2.24, 2.45) is 0 Å². The zero-order valence-electron chi connectivity index (χ0n) is 23.8. The summed E-state index contributed by atoms with van der Waals surface area (Å²) >= 11 is 1.82. The summed E-state index contributed by atoms with van der Waals surface area (Å²) in [6.07, 6.45) is 9.22. The van der Waals surface area contributed by atoms with Gasteiger partial charge < -0.3 is 14.5 Å². The van der Waals surface area contributed by atoms with Crippen LogP contribution < -0.4 is 10.1 Å². The molecule has 0 unspecified atom stereocenters. The number of nitrogens with one attached hydrogen (secondary N) is 1. The van der Waals surface area contributed by atoms with Crippen molar-refractivity contribution < 1.29 is 9.16 Å². The Morgan fingerprint density at radius 2 is 1.68 bits per heavy atom. The first-order chi connectivity index (χ1) is 18.1. The molecule has 0 bridgehead atoms. The van der Waals surface area contributed by atoms with Crippen LogP contribution in [-0.2, 0) is 10.2 Å². The Labute approximate surface area is 233 Å². The summed E-state index contributed by atoms with van der Waals surface area (Å²) in [4.78, 5) is 9.82. The highest BCUT2D eigenvalue weighted by Gasteiger charge is 2.40. The number of fused-ring (bicyclic) bond motifs is 1. The van der Waals surface area contributed by atoms with Crippen LogP contribution in [0, 0.1) is 0 Å². The van der Waals surface area contributed by atoms with Gasteiger partial charge in [0, 0.05) is 17.5 Å². The molecule has 5 nitrogen and oxygen atoms in total. The molecule has 38 heavy (non-hydrogen) atoms. The molecule has 1 N–H and O–H groups in total. The Balaban J connectivity index is 1.34. The quantitative estimate of drug-likeness (QED) is 0.269. The molecule has 0 radical (unpaired) electrons. The molecule has 0 spiro atoms. The number of benzene rings is 2. The minimum absolute atomic E-state index is 0.147. The first kappa shape index (κ1) is 27.5. The lowest BCUT2D eigenvalue weighted by Crippen LogP contribution is -2.45. The van der Waals surface area contributed by atoms with Gasteiger partial charge in [0.15, 0.2) is 8.32 Å². The lowest BCUT2D eigenvalue weighted by molar-refractivity contribution is 0.0711. The molecule has 2 aromatic carbocycles. The number of ether oxygens (including phenoxy) is 1. The van der Waals surface area contributed by atoms with Crippen LogP contribution >= 0.6 is 11.8 Å². The van der Waals surface area contributed by atoms with Crippen LogP contribution in [0.25, 0.3) is 10.9 Å². The van der Waals surface area contributed by atoms with Gasteiger partial charge in [-0.25, -0.2) is 4.98 Å². The summed E-state index contributed by atoms with van der Waals surface area (Å²) in [5, 5.41) is 4.69. The molecule has 7 heteroatoms. The summed E-state index contributed by atoms with van der Waals surface area (Å²) in [6.45, 7) is 11.6. The van der Waals surface area contributed by atoms with Crippen molar-refractivity contribution in [1.82, 2.24) is 9.97 Å². The van der Waals surface area contributed by atoms with Gasteiger partial charge in [-0.15, -0.1) is 0 Å². The highest BCUT2D eigenvalue weighted by molar-refractivity contribution is 7.97. The normalized spacial score (nSPS) is 20.5. The van der Waals surface area contributed by atoms with E-state index in [-0.39, 0.29) is 11.1 Å². The van der Waals surface area contributed by atoms with E-state index in [1.807, 2.05) is 11.8 Å². The van der Waals surface area contributed by atoms with E-state index in [0.29, 0.717) is 23.9 Å². The molecule has 0 aliphatic heterocycles. The monoisotopic (exact) mass is 549 g/mol. The molecule has 0 saturated heterocycles. The maximum Gasteiger partial charge on any atom is 0.231 e. The van der Waals surface area contributed by atoms with E-state index in [9.17, 15) is 0 Å². The first-order valence-corrected chi connectivity index (χ1v) is 18.4. The summed E-state index contributed by atoms with van der Waals surface area (Å²) in [5.41, 5.74) is 4.62. The third-order valence-electron chi connectivity index (χ3n) is 8.40. The summed E-state index contributed by atoms with van der Waals surface area (Å²) in [5.74, 6) is 2.94. The smallest absolute Gasteiger partial charge is 0.231 e. The van der Waals surface area contributed by atoms with Gasteiger partial charge in [0.05, 0.1) is 10.9 Å². The second kappa shape index (κ2) is 11.2. The highest BCUT2D eigenvalue weighted by Crippen LogP contribution is 2.42. The molecule has 5 rings (SSSR count). The van der Waals surface area contributed by atoms with Crippen LogP contribution in [0.3, 0.4) is 0 Å². The van der Waals surface area contributed by atoms with E-state index < -0.39 is 8.32 Å². The van der Waals surface area contributed by atoms with Crippen LogP contribution in [0.5, 0.6) is 5.88 Å². The number of rotatable bonds is 9. The van der Waals surface area contributed by atoms with Crippen molar-refractivity contribution in [2.45, 2.75) is 101 Å². The molecule has 2 fully saturated rings. The number of hydrogen-bond acceptors (Lipinski definition) is 6. The predicted octanol–water partition coefficient (Wildman–Crippen LogP) is 8.83. The van der Waals surface area contributed by atoms with Crippen molar-refractivity contribution in [1.29, 1.82) is 0 Å². The summed E-state index contributed by atoms with van der Waals surface area (Å²) in [7, 11) is -1.76. The Morgan fingerprint density at radius 3 is 2.37 bits per heavy atom. The third-order valence-corrected chi connectivity index (χ3v) is 13.6. The fraction of sp³-hybridized carbons (Fsp3) is 0.548. The maximum atomic E-state index is 6.71. The molecule has 0 amide bonds. The summed E-state index contributed by atoms with van der Waals surface area (Å²) in [6, 6.07) is 15.1. The molecule has 204 valence electrons. The Hall–Kier alpha value is -2.09. The van der Waals surface area contributed by atoms with Gasteiger partial charge in [0.25, 0.3) is 0 Å². The molecular formula is C31H43N3O2SSi. The van der Waals surface area contributed by atoms with Gasteiger partial charge in [-0.3, -0.25) is 0 Å². The van der Waals surface area contributed by atoms with Gasteiger partial charge in [-0.05, 0) is 104 Å². The molecule has 0 atom stereocenters. The van der Waals surface area contributed by atoms with E-state index in [2.05, 4.69) is 87.9 Å². The van der Waals surface area contributed by atoms with Crippen LogP contribution in [0.15, 0.2) is 42.5 Å². The van der Waals surface area contributed by atoms with Crippen molar-refractivity contribution in [2.75, 3.05) is 11.6 Å². The molecule has 2 saturated carbocycles. The van der Waals surface area contributed by atoms with Crippen molar-refractivity contribution >= 4 is 42.6 Å². The second-order valence-corrected chi connectivity index (χ2v) is 18.2. The number of anilines is 2. The predicted molar refractivity (Wildman–Crippen MR) is 163 cm³/mol. The fourth-order valence-corrected chi connectivity index (χ4v) is 6.92. The van der Waals surface area contributed by atoms with Gasteiger partial charge in [-0.1, -0.05) is 39.0 Å². The van der Waals surface area contributed by atoms with Gasteiger partial charge in [0.2, 0.25) is 11.8 Å². The zero-order chi connectivity index (χ0) is 26.9. The molecule has 1 aromatic heterocycles. The van der Waals surface area contributed by atoms with Gasteiger partial charge in [-0.2, -0.15) is 16.7 Å². The standard InChI is InChI=1S/C31H43N3O2SSi/c1-31(2,3)38(5,6)36-26-15-13-25(14-16-26)35-29-27-17-12-23(22-10-11-22)19-28(27)33-30(34-29)32-24-9-7-8-21(18-24)20-37-4/h7-9,12,17-19,22,25-26H,10-11,13-16,20H2,1-6H3,(H,32,33,34). The van der Waals surface area contributed by atoms with Crippen molar-refractivity contribution in [3.63, 3.8) is 0 Å². The second-order valence-electron chi connectivity index (χ2n) is 12.6. The van der Waals surface area contributed by atoms with E-state index in [0.717, 1.165) is 48.0 Å². The average molecular weight is 550 g/mol. The van der Waals surface area contributed by atoms with Crippen molar-refractivity contribution in [3.8, 4) is 5.88 Å². The molecular weight excluding hydrogens is 507 g/mol. The molecule has 1 heterocycles. The minimum Gasteiger partial charge on any atom is -0.474 e. The largest absolute Gasteiger partial charge is 0.474 e. The van der Waals surface area contributed by atoms with Gasteiger partial charge in [0.1, 0.15) is 6.10 Å². The number of nitrogens with zero attached hydrogens (tertiary/aromatic N) is 2. The SMILES string of the molecule is CSCc1cccc(Nc2nc(OC3CCC(O[Si](C)(C)C(C)(C)C)CC3)c3ccc(C4CC4)cc3n2)c1. The first-order valence-electron chi connectivity index (χ1n) is 14.1. The molecule has 3 aromatic rings. The Morgan fingerprint density at radius 1 is 0.947 bits per heavy atom. The van der Waals surface area contributed by atoms with Gasteiger partial charge >= 0.3 is 0 Å². The average Bonchev–Trinajstić information content (AvgIpc) is 3.70. The summed E-state index contributed by atoms with van der Waals surface area (Å²) < 4.78 is 13.3. The van der Waals surface area contributed by atoms with E-state index in [1.165, 1.54) is 24.0 Å². The van der Waals surface area contributed by atoms with Crippen LogP contribution in [-0.4, -0.2) is 36.7 Å². The van der Waals surface area contributed by atoms with Crippen LogP contribution in [0.2, 0.25) is 18.1 Å². The van der Waals surface area contributed by atoms with Crippen molar-refractivity contribution in [3.05, 3.63) is 53.6 Å². The highest BCUT2D eigenvalue weighted by atomic mass is 32.2. The lowest BCUT2D eigenvalue weighted by atomic mass is 9.95. The number of hydrogen-bond donors (Lipinski definition) is 1. The maximum absolute atomic E-state index is 6.71. The van der Waals surface area contributed by atoms with Crippen LogP contribution in [0.1, 0.15) is 76.3 Å². The lowest BCUT2D eigenvalue weighted by Gasteiger charge is -2.41. The Kier molecular flexibility index (Phi) is 8.08.